The van der Waals surface area contributed by atoms with Gasteiger partial charge in [-0.2, -0.15) is 40.6 Å². The van der Waals surface area contributed by atoms with E-state index in [2.05, 4.69) is 47.6 Å². The second-order valence-electron chi connectivity index (χ2n) is 9.99. The summed E-state index contributed by atoms with van der Waals surface area (Å²) in [5, 5.41) is 16.0. The number of hydrogen-bond donors (Lipinski definition) is 2. The van der Waals surface area contributed by atoms with Gasteiger partial charge in [0.2, 0.25) is 0 Å². The molecule has 2 N–H and O–H groups in total. The van der Waals surface area contributed by atoms with E-state index in [-0.39, 0.29) is 38.3 Å². The molecule has 2 heterocycles. The maximum absolute atomic E-state index is 14.1. The molecule has 0 aliphatic rings. The average Bonchev–Trinajstić information content (AvgIpc) is 3.65. The number of carbonyl (C=O) groups is 3. The topological polar surface area (TPSA) is 162 Å². The van der Waals surface area contributed by atoms with Crippen LogP contribution < -0.4 is 10.7 Å². The van der Waals surface area contributed by atoms with Gasteiger partial charge in [0.15, 0.2) is 5.84 Å². The van der Waals surface area contributed by atoms with E-state index in [9.17, 15) is 45.1 Å². The molecule has 0 bridgehead atoms. The highest BCUT2D eigenvalue weighted by Crippen LogP contribution is 2.50. The molecule has 0 saturated carbocycles. The number of benzene rings is 1. The van der Waals surface area contributed by atoms with Crippen molar-refractivity contribution in [3.63, 3.8) is 0 Å². The van der Waals surface area contributed by atoms with Crippen LogP contribution >= 0.6 is 11.6 Å². The molecular weight excluding hydrogens is 697 g/mol. The number of hydrogen-bond acceptors (Lipinski definition) is 9. The van der Waals surface area contributed by atoms with E-state index < -0.39 is 48.3 Å². The summed E-state index contributed by atoms with van der Waals surface area (Å²) in [5.74, 6) is -16.7. The smallest absolute Gasteiger partial charge is 0.452 e. The Morgan fingerprint density at radius 3 is 2.31 bits per heavy atom. The van der Waals surface area contributed by atoms with Gasteiger partial charge < -0.3 is 10.1 Å². The highest BCUT2D eigenvalue weighted by atomic mass is 35.5. The zero-order valence-corrected chi connectivity index (χ0v) is 26.8. The number of anilines is 1. The van der Waals surface area contributed by atoms with Crippen LogP contribution in [0.4, 0.5) is 41.2 Å². The van der Waals surface area contributed by atoms with Crippen molar-refractivity contribution in [1.29, 1.82) is 0 Å². The monoisotopic (exact) mass is 722 g/mol. The molecule has 0 aliphatic carbocycles. The number of ether oxygens (including phenoxy) is 1. The van der Waals surface area contributed by atoms with E-state index in [0.717, 1.165) is 22.9 Å². The molecule has 14 nitrogen and oxygen atoms in total. The molecule has 22 heteroatoms. The van der Waals surface area contributed by atoms with Crippen molar-refractivity contribution in [2.45, 2.75) is 45.3 Å². The van der Waals surface area contributed by atoms with E-state index in [1.807, 2.05) is 0 Å². The number of hydrazine groups is 1. The zero-order chi connectivity index (χ0) is 37.1. The van der Waals surface area contributed by atoms with Gasteiger partial charge in [-0.3, -0.25) is 15.0 Å². The number of allylic oxidation sites excluding steroid dienone is 2. The van der Waals surface area contributed by atoms with Gasteiger partial charge in [0, 0.05) is 13.2 Å². The van der Waals surface area contributed by atoms with Crippen molar-refractivity contribution < 1.29 is 49.9 Å². The summed E-state index contributed by atoms with van der Waals surface area (Å²) < 4.78 is 98.7. The van der Waals surface area contributed by atoms with Crippen LogP contribution in [-0.4, -0.2) is 85.0 Å². The molecule has 3 aromatic rings. The molecule has 0 aliphatic heterocycles. The first-order chi connectivity index (χ1) is 22.7. The number of nitrogens with zero attached hydrogens (tertiary/aromatic N) is 8. The number of aromatic nitrogens is 6. The van der Waals surface area contributed by atoms with Crippen molar-refractivity contribution in [3.8, 4) is 0 Å². The fourth-order valence-corrected chi connectivity index (χ4v) is 4.13. The lowest BCUT2D eigenvalue weighted by atomic mass is 10.0. The fraction of sp³-hybridized carbons (Fsp3) is 0.333. The molecule has 0 atom stereocenters. The minimum absolute atomic E-state index is 0.0206. The molecule has 0 radical (unpaired) electrons. The van der Waals surface area contributed by atoms with Crippen molar-refractivity contribution in [3.05, 3.63) is 76.0 Å². The van der Waals surface area contributed by atoms with Crippen LogP contribution in [0, 0.1) is 13.8 Å². The first-order valence-electron chi connectivity index (χ1n) is 13.4. The number of carbonyl (C=O) groups excluding carboxylic acids is 3. The van der Waals surface area contributed by atoms with Crippen molar-refractivity contribution in [1.82, 2.24) is 40.4 Å². The van der Waals surface area contributed by atoms with Crippen molar-refractivity contribution in [2.24, 2.45) is 4.99 Å². The second kappa shape index (κ2) is 14.4. The molecule has 2 aromatic heterocycles. The van der Waals surface area contributed by atoms with Crippen molar-refractivity contribution in [2.75, 3.05) is 19.5 Å². The number of methoxy groups -OCH3 is 1. The van der Waals surface area contributed by atoms with Gasteiger partial charge in [0.25, 0.3) is 17.6 Å². The summed E-state index contributed by atoms with van der Waals surface area (Å²) in [6.07, 6.45) is -4.80. The summed E-state index contributed by atoms with van der Waals surface area (Å²) in [6, 6.07) is 4.09. The largest absolute Gasteiger partial charge is 0.460 e. The Morgan fingerprint density at radius 1 is 1.08 bits per heavy atom. The van der Waals surface area contributed by atoms with Gasteiger partial charge >= 0.3 is 24.1 Å². The summed E-state index contributed by atoms with van der Waals surface area (Å²) in [5.41, 5.74) is 2.57. The molecular formula is C27H26ClF7N10O4. The summed E-state index contributed by atoms with van der Waals surface area (Å²) in [4.78, 5) is 43.0. The van der Waals surface area contributed by atoms with Crippen molar-refractivity contribution >= 4 is 41.0 Å². The molecule has 0 spiro atoms. The van der Waals surface area contributed by atoms with Crippen LogP contribution in [0.1, 0.15) is 50.4 Å². The quantitative estimate of drug-likeness (QED) is 0.136. The molecule has 0 fully saturated rings. The fourth-order valence-electron chi connectivity index (χ4n) is 4.00. The Balaban J connectivity index is 2.08. The Bertz CT molecular complexity index is 1840. The van der Waals surface area contributed by atoms with Gasteiger partial charge in [-0.15, -0.1) is 10.2 Å². The number of halogens is 8. The highest BCUT2D eigenvalue weighted by Gasteiger charge is 2.75. The first kappa shape index (κ1) is 38.1. The standard InChI is InChI=1S/C27H26ClF7N10O4/c1-7-8-36-20(15(4)28)45-18(11-16(39-45)12-44-41-23(38-42-44)25(29,30)26(31,32)27(33,34)35)22(47)37-19-14(3)9-13(2)10-17(19)21(46)40-43(5)24(48)49-6/h7-11H,4,12H2,1-3,5-6H3,(H,37,47)(H,40,46)/b8-7-,36-20?. The van der Waals surface area contributed by atoms with Gasteiger partial charge in [0.05, 0.1) is 29.1 Å². The lowest BCUT2D eigenvalue weighted by molar-refractivity contribution is -0.361. The van der Waals surface area contributed by atoms with E-state index in [1.165, 1.54) is 25.4 Å². The van der Waals surface area contributed by atoms with Crippen LogP contribution in [0.3, 0.4) is 0 Å². The molecule has 3 amide bonds. The Morgan fingerprint density at radius 2 is 1.73 bits per heavy atom. The molecule has 0 unspecified atom stereocenters. The van der Waals surface area contributed by atoms with E-state index >= 15 is 0 Å². The van der Waals surface area contributed by atoms with Gasteiger partial charge in [-0.05, 0) is 49.2 Å². The minimum Gasteiger partial charge on any atom is -0.452 e. The summed E-state index contributed by atoms with van der Waals surface area (Å²) in [7, 11) is 2.30. The van der Waals surface area contributed by atoms with Crippen LogP contribution in [0.2, 0.25) is 0 Å². The molecule has 0 saturated heterocycles. The number of rotatable bonds is 9. The van der Waals surface area contributed by atoms with E-state index in [0.29, 0.717) is 11.1 Å². The Kier molecular flexibility index (Phi) is 11.2. The van der Waals surface area contributed by atoms with Crippen LogP contribution in [-0.2, 0) is 17.2 Å². The summed E-state index contributed by atoms with van der Waals surface area (Å²) in [6.45, 7) is 7.62. The second-order valence-corrected chi connectivity index (χ2v) is 10.4. The number of amides is 3. The highest BCUT2D eigenvalue weighted by molar-refractivity contribution is 6.43. The Labute approximate surface area is 277 Å². The Hall–Kier alpha value is -5.34. The van der Waals surface area contributed by atoms with E-state index in [4.69, 9.17) is 11.6 Å². The SMILES string of the molecule is C=C(Cl)C(=N/C=C\C)n1nc(Cn2nnc(C(F)(F)C(F)(F)C(F)(F)F)n2)cc1C(=O)Nc1c(C)cc(C)cc1C(=O)NN(C)C(=O)OC. The average molecular weight is 723 g/mol. The van der Waals surface area contributed by atoms with Crippen LogP contribution in [0.15, 0.2) is 47.1 Å². The molecule has 264 valence electrons. The number of aryl methyl sites for hydroxylation is 2. The molecule has 1 aromatic carbocycles. The number of nitrogens with one attached hydrogen (secondary N) is 2. The van der Waals surface area contributed by atoms with Crippen LogP contribution in [0.25, 0.3) is 0 Å². The number of aliphatic imine (C=N–C) groups is 1. The molecule has 49 heavy (non-hydrogen) atoms. The van der Waals surface area contributed by atoms with E-state index in [1.54, 1.807) is 26.8 Å². The number of alkyl halides is 7. The third-order valence-electron chi connectivity index (χ3n) is 6.25. The normalized spacial score (nSPS) is 12.6. The van der Waals surface area contributed by atoms with Gasteiger partial charge in [0.1, 0.15) is 12.2 Å². The van der Waals surface area contributed by atoms with Crippen LogP contribution in [0.5, 0.6) is 0 Å². The predicted octanol–water partition coefficient (Wildman–Crippen LogP) is 4.95. The first-order valence-corrected chi connectivity index (χ1v) is 13.8. The lowest BCUT2D eigenvalue weighted by Crippen LogP contribution is -2.50. The third-order valence-corrected chi connectivity index (χ3v) is 6.42. The van der Waals surface area contributed by atoms with Gasteiger partial charge in [-0.1, -0.05) is 30.3 Å². The maximum atomic E-state index is 14.1. The lowest BCUT2D eigenvalue weighted by Gasteiger charge is -2.25. The summed E-state index contributed by atoms with van der Waals surface area (Å²) >= 11 is 6.12. The molecule has 3 rings (SSSR count). The zero-order valence-electron chi connectivity index (χ0n) is 26.0. The maximum Gasteiger partial charge on any atom is 0.460 e. The third kappa shape index (κ3) is 8.04. The minimum atomic E-state index is -6.64. The van der Waals surface area contributed by atoms with Gasteiger partial charge in [-0.25, -0.2) is 19.5 Å². The number of tetrazole rings is 1. The predicted molar refractivity (Wildman–Crippen MR) is 158 cm³/mol.